The minimum atomic E-state index is -0.270. The Morgan fingerprint density at radius 2 is 1.38 bits per heavy atom. The molecule has 0 aliphatic rings. The molecule has 0 aromatic rings. The molecule has 0 aliphatic heterocycles. The molecule has 0 bridgehead atoms. The quantitative estimate of drug-likeness (QED) is 0.508. The van der Waals surface area contributed by atoms with Gasteiger partial charge in [0.2, 0.25) is 0 Å². The first-order valence-corrected chi connectivity index (χ1v) is 13.7. The largest absolute Gasteiger partial charge is 0.121 e. The van der Waals surface area contributed by atoms with Crippen LogP contribution in [0.1, 0.15) is 0 Å². The van der Waals surface area contributed by atoms with Crippen molar-refractivity contribution in [3.8, 4) is 0 Å². The van der Waals surface area contributed by atoms with Crippen LogP contribution < -0.4 is 0 Å². The standard InChI is InChI=1S/BH8P7/c1-6(2)8(5)7(3)4/h2-5H2. The molecule has 0 fully saturated rings. The molecule has 46 valence electrons. The van der Waals surface area contributed by atoms with Crippen molar-refractivity contribution in [2.45, 2.75) is 0 Å². The van der Waals surface area contributed by atoms with Crippen molar-refractivity contribution in [1.29, 1.82) is 0 Å². The Bertz CT molecular complexity index is 49.4. The molecule has 0 nitrogen and oxygen atoms in total. The van der Waals surface area contributed by atoms with Gasteiger partial charge in [-0.25, -0.2) is 0 Å². The fourth-order valence-electron chi connectivity index (χ4n) is 0.119. The Hall–Kier alpha value is 3.07. The summed E-state index contributed by atoms with van der Waals surface area (Å²) in [4.78, 5) is 0. The molecule has 0 heterocycles. The third kappa shape index (κ3) is 4.82. The molecular weight excluding hydrogens is 228 g/mol. The maximum Gasteiger partial charge on any atom is 0.121 e. The zero-order chi connectivity index (χ0) is 6.73. The van der Waals surface area contributed by atoms with Crippen LogP contribution >= 0.6 is 56.9 Å². The van der Waals surface area contributed by atoms with Gasteiger partial charge in [-0.2, -0.15) is 0 Å². The number of hydrogen-bond donors (Lipinski definition) is 0. The van der Waals surface area contributed by atoms with Crippen molar-refractivity contribution in [2.24, 2.45) is 0 Å². The topological polar surface area (TPSA) is 0 Å². The molecule has 2 radical (unpaired) electrons. The Balaban J connectivity index is 3.46. The van der Waals surface area contributed by atoms with Crippen molar-refractivity contribution in [3.05, 3.63) is 0 Å². The third-order valence-corrected chi connectivity index (χ3v) is 31.9. The number of hydrogen-bond acceptors (Lipinski definition) is 0. The summed E-state index contributed by atoms with van der Waals surface area (Å²) in [6.07, 6.45) is 0. The van der Waals surface area contributed by atoms with Gasteiger partial charge in [-0.1, -0.05) is 0 Å². The van der Waals surface area contributed by atoms with Crippen LogP contribution in [0.15, 0.2) is 0 Å². The van der Waals surface area contributed by atoms with Gasteiger partial charge < -0.3 is 0 Å². The Morgan fingerprint density at radius 3 is 1.38 bits per heavy atom. The van der Waals surface area contributed by atoms with E-state index in [-0.39, 0.29) is 21.2 Å². The lowest BCUT2D eigenvalue weighted by Gasteiger charge is -2.19. The summed E-state index contributed by atoms with van der Waals surface area (Å²) in [5, 5.41) is 0. The molecule has 8 heteroatoms. The van der Waals surface area contributed by atoms with Gasteiger partial charge in [0, 0.05) is 0 Å². The summed E-state index contributed by atoms with van der Waals surface area (Å²) >= 11 is 0. The van der Waals surface area contributed by atoms with Gasteiger partial charge in [0.25, 0.3) is 0 Å². The fraction of sp³-hybridized carbons (Fsp3) is 0. The first kappa shape index (κ1) is 11.1. The van der Waals surface area contributed by atoms with Crippen molar-refractivity contribution < 1.29 is 0 Å². The maximum atomic E-state index is 5.66. The van der Waals surface area contributed by atoms with Crippen LogP contribution in [0, 0.1) is 0 Å². The fourth-order valence-corrected chi connectivity index (χ4v) is 19.3. The van der Waals surface area contributed by atoms with E-state index in [1.165, 1.54) is 0 Å². The van der Waals surface area contributed by atoms with Gasteiger partial charge in [0.15, 0.2) is 0 Å². The smallest absolute Gasteiger partial charge is 0.117 e. The lowest BCUT2D eigenvalue weighted by atomic mass is 10.8. The monoisotopic (exact) mass is 236 g/mol. The predicted molar refractivity (Wildman–Crippen MR) is 65.4 cm³/mol. The van der Waals surface area contributed by atoms with E-state index in [0.29, 0.717) is 0 Å². The van der Waals surface area contributed by atoms with E-state index in [1.54, 1.807) is 0 Å². The van der Waals surface area contributed by atoms with E-state index in [4.69, 9.17) is 7.57 Å². The van der Waals surface area contributed by atoms with Gasteiger partial charge in [-0.05, 0) is 14.0 Å². The molecule has 0 saturated heterocycles. The van der Waals surface area contributed by atoms with Crippen molar-refractivity contribution >= 4 is 64.4 Å². The molecule has 0 aliphatic carbocycles. The maximum absolute atomic E-state index is 5.66. The molecule has 0 amide bonds. The Kier molecular flexibility index (Phi) is 7.88. The zero-order valence-corrected chi connectivity index (χ0v) is 11.5. The minimum absolute atomic E-state index is 0.0144. The average molecular weight is 236 g/mol. The lowest BCUT2D eigenvalue weighted by molar-refractivity contribution is 4.66. The molecule has 6 unspecified atom stereocenters. The van der Waals surface area contributed by atoms with Crippen LogP contribution in [0.4, 0.5) is 0 Å². The van der Waals surface area contributed by atoms with E-state index < -0.39 is 0 Å². The highest BCUT2D eigenvalue weighted by atomic mass is 33.0. The van der Waals surface area contributed by atoms with Gasteiger partial charge in [0.1, 0.15) is 7.57 Å². The van der Waals surface area contributed by atoms with Crippen molar-refractivity contribution in [1.82, 2.24) is 0 Å². The van der Waals surface area contributed by atoms with E-state index in [9.17, 15) is 0 Å². The van der Waals surface area contributed by atoms with E-state index in [2.05, 4.69) is 35.7 Å². The highest BCUT2D eigenvalue weighted by Crippen LogP contribution is 2.97. The minimum Gasteiger partial charge on any atom is -0.117 e. The predicted octanol–water partition coefficient (Wildman–Crippen LogP) is 3.51. The van der Waals surface area contributed by atoms with Crippen molar-refractivity contribution in [3.63, 3.8) is 0 Å². The Labute approximate surface area is 64.7 Å². The molecule has 0 rings (SSSR count). The second kappa shape index (κ2) is 5.69. The van der Waals surface area contributed by atoms with Gasteiger partial charge in [-0.15, -0.1) is 42.9 Å². The molecule has 6 atom stereocenters. The van der Waals surface area contributed by atoms with Crippen LogP contribution in [0.2, 0.25) is 0 Å². The Morgan fingerprint density at radius 1 is 1.00 bits per heavy atom. The summed E-state index contributed by atoms with van der Waals surface area (Å²) in [7, 11) is 16.5. The molecule has 0 saturated carbocycles. The average Bonchev–Trinajstić information content (AvgIpc) is 1.64. The zero-order valence-electron chi connectivity index (χ0n) is 4.23. The highest BCUT2D eigenvalue weighted by molar-refractivity contribution is 9.03. The summed E-state index contributed by atoms with van der Waals surface area (Å²) in [5.41, 5.74) is 0. The molecule has 0 aromatic heterocycles. The summed E-state index contributed by atoms with van der Waals surface area (Å²) in [5.74, 6) is 0. The lowest BCUT2D eigenvalue weighted by Crippen LogP contribution is -1.42. The van der Waals surface area contributed by atoms with Crippen LogP contribution in [0.25, 0.3) is 0 Å². The van der Waals surface area contributed by atoms with E-state index in [0.717, 1.165) is 0 Å². The first-order valence-electron chi connectivity index (χ1n) is 1.69. The molecular formula is H8BP7. The molecule has 0 aromatic carbocycles. The van der Waals surface area contributed by atoms with Gasteiger partial charge in [0.05, 0.1) is 0 Å². The van der Waals surface area contributed by atoms with Crippen LogP contribution in [0.3, 0.4) is 0 Å². The molecule has 0 N–H and O–H groups in total. The normalized spacial score (nSPS) is 18.6. The van der Waals surface area contributed by atoms with E-state index in [1.807, 2.05) is 0 Å². The summed E-state index contributed by atoms with van der Waals surface area (Å²) in [6.45, 7) is 0.0574. The second-order valence-electron chi connectivity index (χ2n) is 1.08. The van der Waals surface area contributed by atoms with Crippen LogP contribution in [-0.4, -0.2) is 7.57 Å². The van der Waals surface area contributed by atoms with Gasteiger partial charge in [-0.3, -0.25) is 0 Å². The second-order valence-corrected chi connectivity index (χ2v) is 24.4. The molecule has 8 heavy (non-hydrogen) atoms. The van der Waals surface area contributed by atoms with Crippen molar-refractivity contribution in [2.75, 3.05) is 0 Å². The highest BCUT2D eigenvalue weighted by Gasteiger charge is 2.08. The summed E-state index contributed by atoms with van der Waals surface area (Å²) in [6, 6.07) is 0. The number of rotatable bonds is 2. The van der Waals surface area contributed by atoms with Crippen LogP contribution in [0.5, 0.6) is 0 Å². The summed E-state index contributed by atoms with van der Waals surface area (Å²) < 4.78 is 0. The van der Waals surface area contributed by atoms with Gasteiger partial charge >= 0.3 is 0 Å². The SMILES string of the molecule is [B]P(P)P(P)P(P)P. The van der Waals surface area contributed by atoms with Crippen LogP contribution in [-0.2, 0) is 0 Å². The third-order valence-electron chi connectivity index (χ3n) is 0.473. The molecule has 0 spiro atoms. The van der Waals surface area contributed by atoms with E-state index >= 15 is 0 Å². The first-order chi connectivity index (χ1) is 3.55.